The first-order valence-corrected chi connectivity index (χ1v) is 3.36. The Kier molecular flexibility index (Phi) is 2.10. The van der Waals surface area contributed by atoms with Gasteiger partial charge in [-0.2, -0.15) is 0 Å². The molecule has 0 saturated carbocycles. The predicted molar refractivity (Wildman–Crippen MR) is 37.6 cm³/mol. The lowest BCUT2D eigenvalue weighted by Gasteiger charge is -1.91. The van der Waals surface area contributed by atoms with Gasteiger partial charge < -0.3 is 0 Å². The fraction of sp³-hybridized carbons (Fsp3) is 0.600. The summed E-state index contributed by atoms with van der Waals surface area (Å²) >= 11 is 4.00. The maximum Gasteiger partial charge on any atom is 0.135 e. The molecule has 0 amide bonds. The third kappa shape index (κ3) is 1.71. The van der Waals surface area contributed by atoms with E-state index >= 15 is 0 Å². The summed E-state index contributed by atoms with van der Waals surface area (Å²) in [4.78, 5) is 0. The van der Waals surface area contributed by atoms with Crippen LogP contribution in [-0.4, -0.2) is 15.0 Å². The first-order valence-electron chi connectivity index (χ1n) is 2.92. The molecule has 0 radical (unpaired) electrons. The maximum atomic E-state index is 4.00. The largest absolute Gasteiger partial charge is 0.251 e. The molecular weight excluding hydrogens is 134 g/mol. The lowest BCUT2D eigenvalue weighted by molar-refractivity contribution is 0.578. The van der Waals surface area contributed by atoms with Crippen LogP contribution in [0.1, 0.15) is 13.3 Å². The molecule has 0 aliphatic heterocycles. The first-order chi connectivity index (χ1) is 4.33. The highest BCUT2D eigenvalue weighted by Crippen LogP contribution is 1.97. The van der Waals surface area contributed by atoms with Crippen molar-refractivity contribution >= 4 is 12.6 Å². The van der Waals surface area contributed by atoms with Crippen molar-refractivity contribution in [1.29, 1.82) is 0 Å². The van der Waals surface area contributed by atoms with Crippen LogP contribution in [0.5, 0.6) is 0 Å². The molecule has 50 valence electrons. The third-order valence-electron chi connectivity index (χ3n) is 0.979. The molecule has 1 aromatic rings. The molecule has 0 fully saturated rings. The molecule has 0 aromatic carbocycles. The van der Waals surface area contributed by atoms with Crippen molar-refractivity contribution in [3.8, 4) is 0 Å². The summed E-state index contributed by atoms with van der Waals surface area (Å²) in [5, 5.41) is 8.19. The molecule has 1 aromatic heterocycles. The van der Waals surface area contributed by atoms with Crippen LogP contribution in [0.25, 0.3) is 0 Å². The summed E-state index contributed by atoms with van der Waals surface area (Å²) in [7, 11) is 0. The third-order valence-corrected chi connectivity index (χ3v) is 1.18. The molecule has 1 rings (SSSR count). The van der Waals surface area contributed by atoms with E-state index in [0.29, 0.717) is 5.03 Å². The van der Waals surface area contributed by atoms with E-state index in [-0.39, 0.29) is 0 Å². The quantitative estimate of drug-likeness (QED) is 0.625. The van der Waals surface area contributed by atoms with E-state index in [4.69, 9.17) is 0 Å². The highest BCUT2D eigenvalue weighted by molar-refractivity contribution is 7.80. The van der Waals surface area contributed by atoms with Gasteiger partial charge in [0.15, 0.2) is 0 Å². The Morgan fingerprint density at radius 1 is 1.78 bits per heavy atom. The number of rotatable bonds is 2. The second-order valence-corrected chi connectivity index (χ2v) is 2.30. The minimum absolute atomic E-state index is 0.684. The summed E-state index contributed by atoms with van der Waals surface area (Å²) in [6, 6.07) is 0. The van der Waals surface area contributed by atoms with E-state index in [1.807, 2.05) is 6.20 Å². The molecule has 0 atom stereocenters. The fourth-order valence-corrected chi connectivity index (χ4v) is 0.800. The molecule has 0 unspecified atom stereocenters. The summed E-state index contributed by atoms with van der Waals surface area (Å²) < 4.78 is 1.78. The lowest BCUT2D eigenvalue weighted by Crippen LogP contribution is -1.96. The van der Waals surface area contributed by atoms with Crippen LogP contribution in [0.15, 0.2) is 11.2 Å². The van der Waals surface area contributed by atoms with Crippen LogP contribution in [0.2, 0.25) is 0 Å². The van der Waals surface area contributed by atoms with Gasteiger partial charge in [0, 0.05) is 6.54 Å². The smallest absolute Gasteiger partial charge is 0.135 e. The van der Waals surface area contributed by atoms with Crippen molar-refractivity contribution in [2.75, 3.05) is 0 Å². The van der Waals surface area contributed by atoms with Crippen LogP contribution in [0.4, 0.5) is 0 Å². The molecule has 4 heteroatoms. The molecule has 0 saturated heterocycles. The van der Waals surface area contributed by atoms with Gasteiger partial charge in [-0.05, 0) is 6.42 Å². The normalized spacial score (nSPS) is 10.0. The van der Waals surface area contributed by atoms with Crippen LogP contribution >= 0.6 is 12.6 Å². The number of nitrogens with zero attached hydrogens (tertiary/aromatic N) is 3. The molecule has 0 bridgehead atoms. The summed E-state index contributed by atoms with van der Waals surface area (Å²) in [6.45, 7) is 3.02. The van der Waals surface area contributed by atoms with E-state index in [1.165, 1.54) is 0 Å². The van der Waals surface area contributed by atoms with Gasteiger partial charge in [-0.25, -0.2) is 0 Å². The van der Waals surface area contributed by atoms with Crippen molar-refractivity contribution in [3.05, 3.63) is 6.20 Å². The standard InChI is InChI=1S/C5H9N3S/c1-2-3-8-4-5(9)6-7-8/h4,9H,2-3H2,1H3. The average molecular weight is 143 g/mol. The Hall–Kier alpha value is -0.510. The zero-order chi connectivity index (χ0) is 6.69. The van der Waals surface area contributed by atoms with Gasteiger partial charge in [-0.15, -0.1) is 17.7 Å². The molecule has 3 nitrogen and oxygen atoms in total. The number of thiol groups is 1. The monoisotopic (exact) mass is 143 g/mol. The summed E-state index contributed by atoms with van der Waals surface area (Å²) in [6.07, 6.45) is 2.89. The van der Waals surface area contributed by atoms with Crippen LogP contribution < -0.4 is 0 Å². The molecule has 0 aliphatic carbocycles. The van der Waals surface area contributed by atoms with Crippen LogP contribution in [-0.2, 0) is 6.54 Å². The Morgan fingerprint density at radius 2 is 2.56 bits per heavy atom. The van der Waals surface area contributed by atoms with Crippen LogP contribution in [0, 0.1) is 0 Å². The van der Waals surface area contributed by atoms with Gasteiger partial charge in [0.2, 0.25) is 0 Å². The van der Waals surface area contributed by atoms with Gasteiger partial charge in [0.1, 0.15) is 5.03 Å². The Bertz CT molecular complexity index is 184. The van der Waals surface area contributed by atoms with Crippen molar-refractivity contribution in [3.63, 3.8) is 0 Å². The zero-order valence-electron chi connectivity index (χ0n) is 5.28. The van der Waals surface area contributed by atoms with Crippen LogP contribution in [0.3, 0.4) is 0 Å². The molecule has 0 spiro atoms. The van der Waals surface area contributed by atoms with Crippen molar-refractivity contribution in [1.82, 2.24) is 15.0 Å². The van der Waals surface area contributed by atoms with Gasteiger partial charge in [-0.1, -0.05) is 12.1 Å². The minimum Gasteiger partial charge on any atom is -0.251 e. The second kappa shape index (κ2) is 2.87. The highest BCUT2D eigenvalue weighted by atomic mass is 32.1. The topological polar surface area (TPSA) is 30.7 Å². The highest BCUT2D eigenvalue weighted by Gasteiger charge is 1.91. The van der Waals surface area contributed by atoms with Gasteiger partial charge in [0.05, 0.1) is 6.20 Å². The minimum atomic E-state index is 0.684. The SMILES string of the molecule is CCCn1cc(S)nn1. The molecule has 1 heterocycles. The Morgan fingerprint density at radius 3 is 3.00 bits per heavy atom. The Labute approximate surface area is 59.5 Å². The predicted octanol–water partition coefficient (Wildman–Crippen LogP) is 0.977. The van der Waals surface area contributed by atoms with E-state index in [9.17, 15) is 0 Å². The van der Waals surface area contributed by atoms with Crippen molar-refractivity contribution in [2.24, 2.45) is 0 Å². The molecular formula is C5H9N3S. The van der Waals surface area contributed by atoms with Gasteiger partial charge in [0.25, 0.3) is 0 Å². The number of aryl methyl sites for hydroxylation is 1. The van der Waals surface area contributed by atoms with E-state index < -0.39 is 0 Å². The number of hydrogen-bond donors (Lipinski definition) is 1. The fourth-order valence-electron chi connectivity index (χ4n) is 0.627. The molecule has 0 aliphatic rings. The maximum absolute atomic E-state index is 4.00. The number of hydrogen-bond acceptors (Lipinski definition) is 3. The lowest BCUT2D eigenvalue weighted by atomic mass is 10.5. The second-order valence-electron chi connectivity index (χ2n) is 1.84. The van der Waals surface area contributed by atoms with Gasteiger partial charge in [-0.3, -0.25) is 4.68 Å². The summed E-state index contributed by atoms with van der Waals surface area (Å²) in [5.41, 5.74) is 0. The molecule has 0 N–H and O–H groups in total. The number of aromatic nitrogens is 3. The molecule has 9 heavy (non-hydrogen) atoms. The zero-order valence-corrected chi connectivity index (χ0v) is 6.17. The van der Waals surface area contributed by atoms with E-state index in [0.717, 1.165) is 13.0 Å². The van der Waals surface area contributed by atoms with Gasteiger partial charge >= 0.3 is 0 Å². The van der Waals surface area contributed by atoms with Crippen molar-refractivity contribution < 1.29 is 0 Å². The van der Waals surface area contributed by atoms with Crippen molar-refractivity contribution in [2.45, 2.75) is 24.9 Å². The Balaban J connectivity index is 2.61. The summed E-state index contributed by atoms with van der Waals surface area (Å²) in [5.74, 6) is 0. The van der Waals surface area contributed by atoms with E-state index in [1.54, 1.807) is 4.68 Å². The average Bonchev–Trinajstić information content (AvgIpc) is 2.17. The van der Waals surface area contributed by atoms with E-state index in [2.05, 4.69) is 29.9 Å². The first kappa shape index (κ1) is 6.61.